The largest absolute Gasteiger partial charge is 0.550 e. The number of carboxylic acid groups (broad SMARTS) is 1. The van der Waals surface area contributed by atoms with E-state index < -0.39 is 17.3 Å². The van der Waals surface area contributed by atoms with Crippen molar-refractivity contribution in [2.75, 3.05) is 5.33 Å². The highest BCUT2D eigenvalue weighted by Gasteiger charge is 2.18. The maximum atomic E-state index is 11.3. The van der Waals surface area contributed by atoms with Crippen molar-refractivity contribution in [1.82, 2.24) is 0 Å². The molecule has 0 saturated heterocycles. The van der Waals surface area contributed by atoms with Gasteiger partial charge >= 0.3 is 0 Å². The van der Waals surface area contributed by atoms with Crippen LogP contribution in [-0.2, 0) is 17.6 Å². The van der Waals surface area contributed by atoms with Crippen LogP contribution in [0.2, 0.25) is 0 Å². The van der Waals surface area contributed by atoms with Crippen LogP contribution in [0.1, 0.15) is 75.3 Å². The molecule has 0 aliphatic heterocycles. The highest BCUT2D eigenvalue weighted by molar-refractivity contribution is 9.09. The van der Waals surface area contributed by atoms with Crippen molar-refractivity contribution < 1.29 is 14.8 Å². The third kappa shape index (κ3) is 9.32. The molecule has 0 N–H and O–H groups in total. The van der Waals surface area contributed by atoms with Crippen LogP contribution in [0.15, 0.2) is 18.2 Å². The van der Waals surface area contributed by atoms with Crippen LogP contribution >= 0.6 is 15.9 Å². The maximum Gasteiger partial charge on any atom is 0.276 e. The SMILES string of the molecule is O=C([O-])Cc1cccc(CCCCCCCCCCCCBr)c1[N+](=O)[O-]. The third-order valence-electron chi connectivity index (χ3n) is 4.55. The zero-order valence-electron chi connectivity index (χ0n) is 15.4. The number of halogens is 1. The standard InChI is InChI=1S/C20H30BrNO4/c21-15-10-8-6-4-2-1-3-5-7-9-12-17-13-11-14-18(16-19(23)24)20(17)22(25)26/h11,13-14H,1-10,12,15-16H2,(H,23,24)/p-1. The Bertz CT molecular complexity index is 563. The number of rotatable bonds is 15. The summed E-state index contributed by atoms with van der Waals surface area (Å²) in [5, 5.41) is 23.2. The fourth-order valence-corrected chi connectivity index (χ4v) is 3.60. The van der Waals surface area contributed by atoms with Gasteiger partial charge < -0.3 is 9.90 Å². The molecule has 0 amide bonds. The van der Waals surface area contributed by atoms with E-state index in [0.29, 0.717) is 12.0 Å². The van der Waals surface area contributed by atoms with Gasteiger partial charge in [0.1, 0.15) is 0 Å². The van der Waals surface area contributed by atoms with Gasteiger partial charge in [0.05, 0.1) is 4.92 Å². The summed E-state index contributed by atoms with van der Waals surface area (Å²) >= 11 is 3.44. The Balaban J connectivity index is 2.28. The lowest BCUT2D eigenvalue weighted by atomic mass is 9.99. The highest BCUT2D eigenvalue weighted by atomic mass is 79.9. The minimum absolute atomic E-state index is 0.0554. The lowest BCUT2D eigenvalue weighted by molar-refractivity contribution is -0.386. The van der Waals surface area contributed by atoms with E-state index in [1.165, 1.54) is 51.0 Å². The van der Waals surface area contributed by atoms with Crippen LogP contribution in [-0.4, -0.2) is 16.2 Å². The first-order chi connectivity index (χ1) is 12.6. The number of benzene rings is 1. The molecule has 26 heavy (non-hydrogen) atoms. The predicted molar refractivity (Wildman–Crippen MR) is 105 cm³/mol. The molecule has 0 atom stereocenters. The molecule has 0 spiro atoms. The molecule has 0 aliphatic rings. The number of para-hydroxylation sites is 1. The summed E-state index contributed by atoms with van der Waals surface area (Å²) in [5.74, 6) is -1.29. The molecule has 0 heterocycles. The third-order valence-corrected chi connectivity index (χ3v) is 5.11. The maximum absolute atomic E-state index is 11.3. The summed E-state index contributed by atoms with van der Waals surface area (Å²) in [4.78, 5) is 21.6. The Morgan fingerprint density at radius 2 is 1.38 bits per heavy atom. The molecule has 146 valence electrons. The Kier molecular flexibility index (Phi) is 11.9. The van der Waals surface area contributed by atoms with Gasteiger partial charge in [0.25, 0.3) is 5.69 Å². The number of alkyl halides is 1. The normalized spacial score (nSPS) is 10.8. The molecule has 1 aromatic rings. The van der Waals surface area contributed by atoms with Crippen LogP contribution in [0.4, 0.5) is 5.69 Å². The minimum Gasteiger partial charge on any atom is -0.550 e. The number of nitro benzene ring substituents is 1. The number of hydrogen-bond acceptors (Lipinski definition) is 4. The molecule has 0 aliphatic carbocycles. The van der Waals surface area contributed by atoms with E-state index in [1.807, 2.05) is 0 Å². The molecule has 0 fully saturated rings. The predicted octanol–water partition coefficient (Wildman–Crippen LogP) is 4.73. The smallest absolute Gasteiger partial charge is 0.276 e. The first-order valence-corrected chi connectivity index (χ1v) is 10.7. The summed E-state index contributed by atoms with van der Waals surface area (Å²) in [6.07, 6.45) is 12.2. The first kappa shape index (κ1) is 22.6. The number of unbranched alkanes of at least 4 members (excludes halogenated alkanes) is 9. The monoisotopic (exact) mass is 426 g/mol. The molecule has 0 radical (unpaired) electrons. The van der Waals surface area contributed by atoms with Crippen molar-refractivity contribution in [3.8, 4) is 0 Å². The van der Waals surface area contributed by atoms with Gasteiger partial charge in [0.15, 0.2) is 0 Å². The number of aliphatic carboxylic acids is 1. The quantitative estimate of drug-likeness (QED) is 0.175. The Morgan fingerprint density at radius 1 is 0.885 bits per heavy atom. The molecule has 1 rings (SSSR count). The molecule has 5 nitrogen and oxygen atoms in total. The van der Waals surface area contributed by atoms with Gasteiger partial charge in [-0.25, -0.2) is 0 Å². The van der Waals surface area contributed by atoms with Crippen molar-refractivity contribution in [2.24, 2.45) is 0 Å². The molecule has 0 unspecified atom stereocenters. The van der Waals surface area contributed by atoms with Crippen LogP contribution < -0.4 is 5.11 Å². The van der Waals surface area contributed by atoms with Crippen molar-refractivity contribution in [3.63, 3.8) is 0 Å². The first-order valence-electron chi connectivity index (χ1n) is 9.57. The van der Waals surface area contributed by atoms with E-state index in [9.17, 15) is 20.0 Å². The van der Waals surface area contributed by atoms with E-state index in [2.05, 4.69) is 15.9 Å². The molecular formula is C20H29BrNO4-. The fraction of sp³-hybridized carbons (Fsp3) is 0.650. The van der Waals surface area contributed by atoms with Crippen molar-refractivity contribution >= 4 is 27.6 Å². The molecule has 6 heteroatoms. The summed E-state index contributed by atoms with van der Waals surface area (Å²) in [6, 6.07) is 4.91. The fourth-order valence-electron chi connectivity index (χ4n) is 3.20. The van der Waals surface area contributed by atoms with E-state index >= 15 is 0 Å². The van der Waals surface area contributed by atoms with Gasteiger partial charge in [-0.3, -0.25) is 10.1 Å². The second-order valence-electron chi connectivity index (χ2n) is 6.71. The Morgan fingerprint density at radius 3 is 1.88 bits per heavy atom. The zero-order valence-corrected chi connectivity index (χ0v) is 17.0. The lowest BCUT2D eigenvalue weighted by Crippen LogP contribution is -2.24. The lowest BCUT2D eigenvalue weighted by Gasteiger charge is -2.09. The summed E-state index contributed by atoms with van der Waals surface area (Å²) in [5.41, 5.74) is 0.799. The van der Waals surface area contributed by atoms with Gasteiger partial charge in [-0.15, -0.1) is 0 Å². The van der Waals surface area contributed by atoms with Gasteiger partial charge in [-0.05, 0) is 19.3 Å². The average Bonchev–Trinajstić information content (AvgIpc) is 2.59. The number of carbonyl (C=O) groups is 1. The number of aryl methyl sites for hydroxylation is 1. The van der Waals surface area contributed by atoms with Crippen molar-refractivity contribution in [3.05, 3.63) is 39.4 Å². The van der Waals surface area contributed by atoms with Crippen molar-refractivity contribution in [1.29, 1.82) is 0 Å². The second kappa shape index (κ2) is 13.7. The van der Waals surface area contributed by atoms with Gasteiger partial charge in [0.2, 0.25) is 0 Å². The molecule has 1 aromatic carbocycles. The average molecular weight is 427 g/mol. The van der Waals surface area contributed by atoms with E-state index in [0.717, 1.165) is 24.6 Å². The Hall–Kier alpha value is -1.43. The minimum atomic E-state index is -1.29. The van der Waals surface area contributed by atoms with Gasteiger partial charge in [-0.1, -0.05) is 85.5 Å². The molecule has 0 aromatic heterocycles. The molecule has 0 bridgehead atoms. The molecule has 0 saturated carbocycles. The number of nitrogens with zero attached hydrogens (tertiary/aromatic N) is 1. The summed E-state index contributed by atoms with van der Waals surface area (Å²) in [6.45, 7) is 0. The van der Waals surface area contributed by atoms with Crippen molar-refractivity contribution in [2.45, 2.75) is 77.0 Å². The Labute approximate surface area is 164 Å². The second-order valence-corrected chi connectivity index (χ2v) is 7.50. The summed E-state index contributed by atoms with van der Waals surface area (Å²) < 4.78 is 0. The van der Waals surface area contributed by atoms with Gasteiger partial charge in [-0.2, -0.15) is 0 Å². The zero-order chi connectivity index (χ0) is 19.2. The number of carboxylic acids is 1. The van der Waals surface area contributed by atoms with E-state index in [4.69, 9.17) is 0 Å². The van der Waals surface area contributed by atoms with E-state index in [-0.39, 0.29) is 11.3 Å². The number of carbonyl (C=O) groups excluding carboxylic acids is 1. The van der Waals surface area contributed by atoms with Crippen LogP contribution in [0, 0.1) is 10.1 Å². The number of nitro groups is 1. The highest BCUT2D eigenvalue weighted by Crippen LogP contribution is 2.26. The van der Waals surface area contributed by atoms with Crippen LogP contribution in [0.25, 0.3) is 0 Å². The van der Waals surface area contributed by atoms with Gasteiger partial charge in [0, 0.05) is 28.8 Å². The molecular weight excluding hydrogens is 398 g/mol. The van der Waals surface area contributed by atoms with E-state index in [1.54, 1.807) is 12.1 Å². The summed E-state index contributed by atoms with van der Waals surface area (Å²) in [7, 11) is 0. The topological polar surface area (TPSA) is 83.3 Å². The van der Waals surface area contributed by atoms with Crippen LogP contribution in [0.3, 0.4) is 0 Å². The number of hydrogen-bond donors (Lipinski definition) is 0. The van der Waals surface area contributed by atoms with Crippen LogP contribution in [0.5, 0.6) is 0 Å².